The molecule has 0 bridgehead atoms. The quantitative estimate of drug-likeness (QED) is 0.290. The summed E-state index contributed by atoms with van der Waals surface area (Å²) < 4.78 is 27.2. The van der Waals surface area contributed by atoms with Gasteiger partial charge in [-0.1, -0.05) is 12.1 Å². The lowest BCUT2D eigenvalue weighted by Gasteiger charge is -2.12. The van der Waals surface area contributed by atoms with Gasteiger partial charge in [0.05, 0.1) is 12.9 Å². The number of hydrogen-bond donors (Lipinski definition) is 2. The van der Waals surface area contributed by atoms with Crippen molar-refractivity contribution in [3.8, 4) is 5.75 Å². The van der Waals surface area contributed by atoms with Crippen LogP contribution in [0.2, 0.25) is 0 Å². The van der Waals surface area contributed by atoms with E-state index < -0.39 is 9.84 Å². The SMILES string of the molecule is CN=C(NCCCS(C)(=O)=O)NCc1cccc(OC)c1.I. The fraction of sp³-hybridized carbons (Fsp3) is 0.500. The van der Waals surface area contributed by atoms with Gasteiger partial charge in [-0.15, -0.1) is 24.0 Å². The van der Waals surface area contributed by atoms with Crippen LogP contribution < -0.4 is 15.4 Å². The van der Waals surface area contributed by atoms with Gasteiger partial charge < -0.3 is 15.4 Å². The molecular weight excluding hydrogens is 417 g/mol. The molecular formula is C14H24IN3O3S. The van der Waals surface area contributed by atoms with Gasteiger partial charge in [0.2, 0.25) is 0 Å². The number of ether oxygens (including phenoxy) is 1. The van der Waals surface area contributed by atoms with Crippen LogP contribution in [0.15, 0.2) is 29.3 Å². The number of hydrogen-bond acceptors (Lipinski definition) is 4. The van der Waals surface area contributed by atoms with Crippen LogP contribution >= 0.6 is 24.0 Å². The zero-order valence-electron chi connectivity index (χ0n) is 13.1. The molecule has 0 amide bonds. The van der Waals surface area contributed by atoms with E-state index in [1.54, 1.807) is 14.2 Å². The second kappa shape index (κ2) is 10.7. The molecule has 0 saturated heterocycles. The molecule has 1 aromatic rings. The molecule has 0 saturated carbocycles. The van der Waals surface area contributed by atoms with Crippen molar-refractivity contribution in [1.82, 2.24) is 10.6 Å². The van der Waals surface area contributed by atoms with Crippen LogP contribution in [0.3, 0.4) is 0 Å². The number of rotatable bonds is 7. The molecule has 126 valence electrons. The minimum Gasteiger partial charge on any atom is -0.497 e. The van der Waals surface area contributed by atoms with Crippen molar-refractivity contribution < 1.29 is 13.2 Å². The summed E-state index contributed by atoms with van der Waals surface area (Å²) >= 11 is 0. The minimum atomic E-state index is -2.91. The fourth-order valence-corrected chi connectivity index (χ4v) is 2.40. The average Bonchev–Trinajstić information content (AvgIpc) is 2.45. The third-order valence-electron chi connectivity index (χ3n) is 2.80. The van der Waals surface area contributed by atoms with Gasteiger partial charge in [-0.25, -0.2) is 8.42 Å². The third-order valence-corrected chi connectivity index (χ3v) is 3.83. The Morgan fingerprint density at radius 3 is 2.64 bits per heavy atom. The van der Waals surface area contributed by atoms with E-state index in [1.165, 1.54) is 6.26 Å². The summed E-state index contributed by atoms with van der Waals surface area (Å²) in [5, 5.41) is 6.25. The molecule has 22 heavy (non-hydrogen) atoms. The Morgan fingerprint density at radius 1 is 1.32 bits per heavy atom. The van der Waals surface area contributed by atoms with Crippen LogP contribution in [0, 0.1) is 0 Å². The van der Waals surface area contributed by atoms with E-state index in [9.17, 15) is 8.42 Å². The van der Waals surface area contributed by atoms with Crippen molar-refractivity contribution in [2.45, 2.75) is 13.0 Å². The molecule has 1 rings (SSSR count). The molecule has 0 spiro atoms. The lowest BCUT2D eigenvalue weighted by molar-refractivity contribution is 0.414. The maximum Gasteiger partial charge on any atom is 0.191 e. The molecule has 2 N–H and O–H groups in total. The summed E-state index contributed by atoms with van der Waals surface area (Å²) in [5.41, 5.74) is 1.08. The Kier molecular flexibility index (Phi) is 10.2. The number of benzene rings is 1. The molecule has 0 aliphatic rings. The molecule has 0 aromatic heterocycles. The topological polar surface area (TPSA) is 79.8 Å². The largest absolute Gasteiger partial charge is 0.497 e. The van der Waals surface area contributed by atoms with Crippen LogP contribution in [-0.4, -0.2) is 47.1 Å². The van der Waals surface area contributed by atoms with E-state index in [-0.39, 0.29) is 29.7 Å². The first-order valence-electron chi connectivity index (χ1n) is 6.70. The van der Waals surface area contributed by atoms with Crippen molar-refractivity contribution in [2.24, 2.45) is 4.99 Å². The number of halogens is 1. The molecule has 0 unspecified atom stereocenters. The number of aliphatic imine (C=N–C) groups is 1. The number of guanidine groups is 1. The summed E-state index contributed by atoms with van der Waals surface area (Å²) in [4.78, 5) is 4.09. The van der Waals surface area contributed by atoms with Gasteiger partial charge >= 0.3 is 0 Å². The van der Waals surface area contributed by atoms with E-state index >= 15 is 0 Å². The smallest absolute Gasteiger partial charge is 0.191 e. The lowest BCUT2D eigenvalue weighted by Crippen LogP contribution is -2.37. The van der Waals surface area contributed by atoms with E-state index in [4.69, 9.17) is 4.74 Å². The first-order valence-corrected chi connectivity index (χ1v) is 8.76. The summed E-state index contributed by atoms with van der Waals surface area (Å²) in [6.07, 6.45) is 1.79. The van der Waals surface area contributed by atoms with Crippen LogP contribution in [0.25, 0.3) is 0 Å². The van der Waals surface area contributed by atoms with Crippen molar-refractivity contribution in [2.75, 3.05) is 32.7 Å². The first kappa shape index (κ1) is 21.0. The predicted molar refractivity (Wildman–Crippen MR) is 101 cm³/mol. The average molecular weight is 441 g/mol. The first-order chi connectivity index (χ1) is 9.94. The summed E-state index contributed by atoms with van der Waals surface area (Å²) in [7, 11) is 0.406. The summed E-state index contributed by atoms with van der Waals surface area (Å²) in [6, 6.07) is 7.76. The van der Waals surface area contributed by atoms with Gasteiger partial charge in [-0.05, 0) is 24.1 Å². The van der Waals surface area contributed by atoms with Crippen LogP contribution in [0.5, 0.6) is 5.75 Å². The van der Waals surface area contributed by atoms with E-state index in [0.29, 0.717) is 25.5 Å². The Balaban J connectivity index is 0.00000441. The zero-order chi connectivity index (χ0) is 15.7. The van der Waals surface area contributed by atoms with Crippen LogP contribution in [0.1, 0.15) is 12.0 Å². The maximum atomic E-state index is 11.0. The Bertz CT molecular complexity index is 576. The Morgan fingerprint density at radius 2 is 2.05 bits per heavy atom. The molecule has 0 fully saturated rings. The monoisotopic (exact) mass is 441 g/mol. The van der Waals surface area contributed by atoms with Gasteiger partial charge in [0, 0.05) is 26.4 Å². The molecule has 6 nitrogen and oxygen atoms in total. The fourth-order valence-electron chi connectivity index (χ4n) is 1.73. The van der Waals surface area contributed by atoms with Gasteiger partial charge in [-0.3, -0.25) is 4.99 Å². The molecule has 8 heteroatoms. The van der Waals surface area contributed by atoms with Crippen LogP contribution in [-0.2, 0) is 16.4 Å². The maximum absolute atomic E-state index is 11.0. The highest BCUT2D eigenvalue weighted by atomic mass is 127. The zero-order valence-corrected chi connectivity index (χ0v) is 16.3. The standard InChI is InChI=1S/C14H23N3O3S.HI/c1-15-14(16-8-5-9-21(3,18)19)17-11-12-6-4-7-13(10-12)20-2;/h4,6-7,10H,5,8-9,11H2,1-3H3,(H2,15,16,17);1H. The predicted octanol–water partition coefficient (Wildman–Crippen LogP) is 1.41. The Labute approximate surface area is 149 Å². The van der Waals surface area contributed by atoms with Crippen molar-refractivity contribution >= 4 is 39.8 Å². The van der Waals surface area contributed by atoms with Crippen molar-refractivity contribution in [3.63, 3.8) is 0 Å². The van der Waals surface area contributed by atoms with Crippen molar-refractivity contribution in [1.29, 1.82) is 0 Å². The molecule has 0 aliphatic carbocycles. The number of methoxy groups -OCH3 is 1. The number of nitrogens with one attached hydrogen (secondary N) is 2. The summed E-state index contributed by atoms with van der Waals surface area (Å²) in [6.45, 7) is 1.17. The molecule has 0 aliphatic heterocycles. The van der Waals surface area contributed by atoms with Gasteiger partial charge in [0.15, 0.2) is 5.96 Å². The molecule has 1 aromatic carbocycles. The Hall–Kier alpha value is -1.03. The molecule has 0 radical (unpaired) electrons. The second-order valence-electron chi connectivity index (χ2n) is 4.69. The minimum absolute atomic E-state index is 0. The highest BCUT2D eigenvalue weighted by Crippen LogP contribution is 2.11. The van der Waals surface area contributed by atoms with E-state index in [0.717, 1.165) is 11.3 Å². The number of nitrogens with zero attached hydrogens (tertiary/aromatic N) is 1. The second-order valence-corrected chi connectivity index (χ2v) is 6.95. The van der Waals surface area contributed by atoms with E-state index in [2.05, 4.69) is 15.6 Å². The molecule has 0 heterocycles. The van der Waals surface area contributed by atoms with Crippen LogP contribution in [0.4, 0.5) is 0 Å². The third kappa shape index (κ3) is 9.08. The summed E-state index contributed by atoms with van der Waals surface area (Å²) in [5.74, 6) is 1.63. The van der Waals surface area contributed by atoms with Gasteiger partial charge in [-0.2, -0.15) is 0 Å². The van der Waals surface area contributed by atoms with Crippen molar-refractivity contribution in [3.05, 3.63) is 29.8 Å². The highest BCUT2D eigenvalue weighted by Gasteiger charge is 2.03. The lowest BCUT2D eigenvalue weighted by atomic mass is 10.2. The highest BCUT2D eigenvalue weighted by molar-refractivity contribution is 14.0. The van der Waals surface area contributed by atoms with Gasteiger partial charge in [0.1, 0.15) is 15.6 Å². The van der Waals surface area contributed by atoms with E-state index in [1.807, 2.05) is 24.3 Å². The molecule has 0 atom stereocenters. The number of sulfone groups is 1. The normalized spacial score (nSPS) is 11.5. The van der Waals surface area contributed by atoms with Gasteiger partial charge in [0.25, 0.3) is 0 Å².